The highest BCUT2D eigenvalue weighted by molar-refractivity contribution is 7.88. The molecule has 2 saturated carbocycles. The van der Waals surface area contributed by atoms with Crippen molar-refractivity contribution in [3.8, 4) is 5.75 Å². The van der Waals surface area contributed by atoms with Crippen molar-refractivity contribution in [1.82, 2.24) is 0 Å². The van der Waals surface area contributed by atoms with Crippen LogP contribution in [0.2, 0.25) is 5.02 Å². The Bertz CT molecular complexity index is 1050. The molecule has 5 rings (SSSR count). The summed E-state index contributed by atoms with van der Waals surface area (Å²) in [5, 5.41) is -0.251. The number of halogens is 4. The molecule has 4 unspecified atom stereocenters. The molecule has 166 valence electrons. The van der Waals surface area contributed by atoms with Crippen LogP contribution in [-0.2, 0) is 15.5 Å². The summed E-state index contributed by atoms with van der Waals surface area (Å²) >= 11 is 6.20. The van der Waals surface area contributed by atoms with Crippen LogP contribution in [0.15, 0.2) is 12.1 Å². The van der Waals surface area contributed by atoms with Crippen molar-refractivity contribution < 1.29 is 30.6 Å². The molecule has 4 nitrogen and oxygen atoms in total. The van der Waals surface area contributed by atoms with Gasteiger partial charge in [0.1, 0.15) is 0 Å². The predicted octanol–water partition coefficient (Wildman–Crippen LogP) is 5.87. The number of hydrogen-bond donors (Lipinski definition) is 0. The number of Topliss-reactive ketones (excluding diaryl/α,β-unsaturated/α-hetero) is 1. The quantitative estimate of drug-likeness (QED) is 0.405. The molecule has 9 heteroatoms. The highest BCUT2D eigenvalue weighted by Gasteiger charge is 2.65. The SMILES string of the molecule is CC1(C)CCC2C1C1(C)CCC2(C)C(=O)c2cc(OS(=O)(=O)C(F)(F)F)c(Cl)cc21. The van der Waals surface area contributed by atoms with E-state index in [2.05, 4.69) is 25.0 Å². The molecule has 4 aliphatic carbocycles. The van der Waals surface area contributed by atoms with Crippen molar-refractivity contribution >= 4 is 27.5 Å². The molecule has 2 bridgehead atoms. The van der Waals surface area contributed by atoms with Crippen LogP contribution in [0.5, 0.6) is 5.75 Å². The van der Waals surface area contributed by atoms with E-state index in [1.54, 1.807) is 0 Å². The van der Waals surface area contributed by atoms with Gasteiger partial charge in [-0.2, -0.15) is 21.6 Å². The van der Waals surface area contributed by atoms with Crippen LogP contribution in [0.1, 0.15) is 69.3 Å². The first-order chi connectivity index (χ1) is 13.5. The Morgan fingerprint density at radius 3 is 2.27 bits per heavy atom. The normalized spacial score (nSPS) is 35.0. The van der Waals surface area contributed by atoms with Gasteiger partial charge in [-0.1, -0.05) is 39.3 Å². The van der Waals surface area contributed by atoms with Gasteiger partial charge in [-0.15, -0.1) is 0 Å². The number of ketones is 1. The highest BCUT2D eigenvalue weighted by Crippen LogP contribution is 2.68. The van der Waals surface area contributed by atoms with Gasteiger partial charge in [0.25, 0.3) is 0 Å². The van der Waals surface area contributed by atoms with E-state index in [0.29, 0.717) is 12.0 Å². The molecule has 1 aromatic rings. The molecule has 0 aromatic heterocycles. The standard InChI is InChI=1S/C21H24ClF3O4S/c1-18(2)6-5-12-16(18)19(3)7-8-20(12,4)17(26)11-9-15(14(22)10-13(11)19)29-30(27,28)21(23,24)25/h9-10,12,16H,5-8H2,1-4H3. The van der Waals surface area contributed by atoms with Crippen LogP contribution in [-0.4, -0.2) is 19.7 Å². The molecule has 30 heavy (non-hydrogen) atoms. The Morgan fingerprint density at radius 2 is 1.67 bits per heavy atom. The van der Waals surface area contributed by atoms with E-state index in [4.69, 9.17) is 11.6 Å². The van der Waals surface area contributed by atoms with Gasteiger partial charge in [-0.3, -0.25) is 4.79 Å². The molecule has 0 heterocycles. The van der Waals surface area contributed by atoms with Crippen molar-refractivity contribution in [2.75, 3.05) is 0 Å². The Hall–Kier alpha value is -1.28. The van der Waals surface area contributed by atoms with Crippen LogP contribution in [0.25, 0.3) is 0 Å². The minimum atomic E-state index is -5.90. The lowest BCUT2D eigenvalue weighted by Crippen LogP contribution is -2.50. The van der Waals surface area contributed by atoms with Gasteiger partial charge >= 0.3 is 15.6 Å². The fourth-order valence-corrected chi connectivity index (χ4v) is 7.30. The zero-order valence-corrected chi connectivity index (χ0v) is 18.8. The number of fused-ring (bicyclic) bond motifs is 1. The molecular weight excluding hydrogens is 441 g/mol. The number of carbonyl (C=O) groups excluding carboxylic acids is 1. The van der Waals surface area contributed by atoms with Crippen molar-refractivity contribution in [3.63, 3.8) is 0 Å². The van der Waals surface area contributed by atoms with Crippen LogP contribution < -0.4 is 4.18 Å². The molecule has 0 amide bonds. The summed E-state index contributed by atoms with van der Waals surface area (Å²) in [7, 11) is -5.90. The average Bonchev–Trinajstić information content (AvgIpc) is 2.90. The number of alkyl halides is 3. The van der Waals surface area contributed by atoms with Gasteiger partial charge in [0.05, 0.1) is 5.02 Å². The van der Waals surface area contributed by atoms with E-state index in [-0.39, 0.29) is 33.6 Å². The summed E-state index contributed by atoms with van der Waals surface area (Å²) in [6.45, 7) is 8.43. The van der Waals surface area contributed by atoms with Gasteiger partial charge in [-0.05, 0) is 66.0 Å². The van der Waals surface area contributed by atoms with Gasteiger partial charge in [0.15, 0.2) is 11.5 Å². The third-order valence-corrected chi connectivity index (χ3v) is 9.21. The van der Waals surface area contributed by atoms with Gasteiger partial charge < -0.3 is 4.18 Å². The number of carbonyl (C=O) groups is 1. The predicted molar refractivity (Wildman–Crippen MR) is 106 cm³/mol. The van der Waals surface area contributed by atoms with Gasteiger partial charge in [0.2, 0.25) is 0 Å². The van der Waals surface area contributed by atoms with E-state index in [0.717, 1.165) is 25.3 Å². The third kappa shape index (κ3) is 2.78. The van der Waals surface area contributed by atoms with E-state index in [1.165, 1.54) is 6.07 Å². The van der Waals surface area contributed by atoms with Crippen LogP contribution >= 0.6 is 11.6 Å². The smallest absolute Gasteiger partial charge is 0.374 e. The summed E-state index contributed by atoms with van der Waals surface area (Å²) in [6.07, 6.45) is 3.32. The second kappa shape index (κ2) is 6.15. The summed E-state index contributed by atoms with van der Waals surface area (Å²) in [5.74, 6) is -0.486. The van der Waals surface area contributed by atoms with Crippen LogP contribution in [0.4, 0.5) is 13.2 Å². The van der Waals surface area contributed by atoms with E-state index in [9.17, 15) is 26.4 Å². The Balaban J connectivity index is 1.92. The van der Waals surface area contributed by atoms with Crippen molar-refractivity contribution in [2.45, 2.75) is 64.3 Å². The molecule has 4 aliphatic rings. The summed E-state index contributed by atoms with van der Waals surface area (Å²) < 4.78 is 65.7. The third-order valence-electron chi connectivity index (χ3n) is 7.95. The number of hydrogen-bond acceptors (Lipinski definition) is 4. The van der Waals surface area contributed by atoms with Gasteiger partial charge in [-0.25, -0.2) is 0 Å². The summed E-state index contributed by atoms with van der Waals surface area (Å²) in [5.41, 5.74) is -5.75. The molecule has 0 N–H and O–H groups in total. The van der Waals surface area contributed by atoms with Crippen LogP contribution in [0.3, 0.4) is 0 Å². The minimum Gasteiger partial charge on any atom is -0.374 e. The van der Waals surface area contributed by atoms with Crippen LogP contribution in [0, 0.1) is 22.7 Å². The first kappa shape index (κ1) is 21.9. The molecule has 0 saturated heterocycles. The topological polar surface area (TPSA) is 60.4 Å². The lowest BCUT2D eigenvalue weighted by atomic mass is 9.51. The maximum atomic E-state index is 13.7. The van der Waals surface area contributed by atoms with E-state index in [1.807, 2.05) is 6.92 Å². The Labute approximate surface area is 179 Å². The minimum absolute atomic E-state index is 0.00966. The lowest BCUT2D eigenvalue weighted by molar-refractivity contribution is -0.0500. The molecule has 0 radical (unpaired) electrons. The van der Waals surface area contributed by atoms with Gasteiger partial charge in [0, 0.05) is 11.0 Å². The molecule has 0 aliphatic heterocycles. The fourth-order valence-electron chi connectivity index (χ4n) is 6.58. The number of benzene rings is 1. The lowest BCUT2D eigenvalue weighted by Gasteiger charge is -2.52. The Morgan fingerprint density at radius 1 is 1.07 bits per heavy atom. The highest BCUT2D eigenvalue weighted by atomic mass is 35.5. The fraction of sp³-hybridized carbons (Fsp3) is 0.667. The molecule has 2 fully saturated rings. The van der Waals surface area contributed by atoms with Crippen molar-refractivity contribution in [2.24, 2.45) is 22.7 Å². The second-order valence-electron chi connectivity index (χ2n) is 10.1. The van der Waals surface area contributed by atoms with Crippen molar-refractivity contribution in [1.29, 1.82) is 0 Å². The largest absolute Gasteiger partial charge is 0.534 e. The summed E-state index contributed by atoms with van der Waals surface area (Å²) in [4.78, 5) is 13.7. The summed E-state index contributed by atoms with van der Waals surface area (Å²) in [6, 6.07) is 2.54. The zero-order chi connectivity index (χ0) is 22.5. The molecule has 0 spiro atoms. The first-order valence-corrected chi connectivity index (χ1v) is 11.7. The maximum Gasteiger partial charge on any atom is 0.534 e. The molecule has 1 aromatic carbocycles. The van der Waals surface area contributed by atoms with E-state index >= 15 is 0 Å². The molecular formula is C21H24ClF3O4S. The second-order valence-corrected chi connectivity index (χ2v) is 12.0. The first-order valence-electron chi connectivity index (χ1n) is 9.94. The maximum absolute atomic E-state index is 13.7. The van der Waals surface area contributed by atoms with E-state index < -0.39 is 32.2 Å². The zero-order valence-electron chi connectivity index (χ0n) is 17.2. The Kier molecular flexibility index (Phi) is 4.50. The van der Waals surface area contributed by atoms with Crippen molar-refractivity contribution in [3.05, 3.63) is 28.3 Å². The number of rotatable bonds is 2. The monoisotopic (exact) mass is 464 g/mol. The molecule has 4 atom stereocenters. The average molecular weight is 465 g/mol.